The molecular weight excluding hydrogens is 330 g/mol. The molecule has 0 atom stereocenters. The van der Waals surface area contributed by atoms with Crippen LogP contribution in [0.4, 0.5) is 0 Å². The van der Waals surface area contributed by atoms with Gasteiger partial charge in [-0.25, -0.2) is 0 Å². The van der Waals surface area contributed by atoms with Crippen LogP contribution in [0.3, 0.4) is 0 Å². The summed E-state index contributed by atoms with van der Waals surface area (Å²) in [7, 11) is 0. The van der Waals surface area contributed by atoms with Crippen molar-refractivity contribution < 1.29 is 4.79 Å². The first-order chi connectivity index (χ1) is 12.1. The van der Waals surface area contributed by atoms with Gasteiger partial charge in [0.2, 0.25) is 0 Å². The van der Waals surface area contributed by atoms with Gasteiger partial charge >= 0.3 is 0 Å². The zero-order valence-corrected chi connectivity index (χ0v) is 15.3. The first-order valence-electron chi connectivity index (χ1n) is 8.55. The van der Waals surface area contributed by atoms with E-state index in [9.17, 15) is 4.79 Å². The Hall–Kier alpha value is -2.24. The Labute approximate surface area is 154 Å². The molecule has 1 heterocycles. The van der Waals surface area contributed by atoms with Gasteiger partial charge in [-0.05, 0) is 36.8 Å². The average Bonchev–Trinajstić information content (AvgIpc) is 2.63. The van der Waals surface area contributed by atoms with Gasteiger partial charge in [0.1, 0.15) is 0 Å². The smallest absolute Gasteiger partial charge is 0.257 e. The lowest BCUT2D eigenvalue weighted by atomic mass is 10.1. The van der Waals surface area contributed by atoms with Crippen LogP contribution in [0.15, 0.2) is 54.6 Å². The van der Waals surface area contributed by atoms with E-state index in [1.165, 1.54) is 5.56 Å². The Morgan fingerprint density at radius 1 is 1.00 bits per heavy atom. The molecule has 0 aromatic heterocycles. The number of nitrogens with zero attached hydrogens (tertiary/aromatic N) is 2. The first kappa shape index (κ1) is 17.6. The van der Waals surface area contributed by atoms with E-state index in [-0.39, 0.29) is 5.91 Å². The Bertz CT molecular complexity index is 722. The average molecular weight is 353 g/mol. The predicted molar refractivity (Wildman–Crippen MR) is 105 cm³/mol. The Morgan fingerprint density at radius 2 is 1.64 bits per heavy atom. The van der Waals surface area contributed by atoms with Gasteiger partial charge in [0.15, 0.2) is 5.11 Å². The van der Waals surface area contributed by atoms with Crippen LogP contribution in [0.2, 0.25) is 0 Å². The number of carbonyl (C=O) groups excluding carboxylic acids is 1. The minimum atomic E-state index is -0.142. The Balaban J connectivity index is 1.48. The van der Waals surface area contributed by atoms with E-state index in [0.717, 1.165) is 38.3 Å². The molecule has 0 unspecified atom stereocenters. The van der Waals surface area contributed by atoms with Crippen molar-refractivity contribution in [2.45, 2.75) is 13.5 Å². The first-order valence-corrected chi connectivity index (χ1v) is 8.96. The van der Waals surface area contributed by atoms with E-state index < -0.39 is 0 Å². The molecule has 0 spiro atoms. The summed E-state index contributed by atoms with van der Waals surface area (Å²) < 4.78 is 0. The Morgan fingerprint density at radius 3 is 2.28 bits per heavy atom. The maximum atomic E-state index is 12.3. The van der Waals surface area contributed by atoms with Crippen molar-refractivity contribution in [3.63, 3.8) is 0 Å². The monoisotopic (exact) mass is 353 g/mol. The number of hydrogen-bond acceptors (Lipinski definition) is 3. The summed E-state index contributed by atoms with van der Waals surface area (Å²) >= 11 is 5.42. The highest BCUT2D eigenvalue weighted by atomic mass is 32.1. The summed E-state index contributed by atoms with van der Waals surface area (Å²) in [5.41, 5.74) is 3.09. The van der Waals surface area contributed by atoms with E-state index in [2.05, 4.69) is 39.4 Å². The highest BCUT2D eigenvalue weighted by Crippen LogP contribution is 2.09. The quantitative estimate of drug-likeness (QED) is 0.861. The number of thiocarbonyl (C=S) groups is 1. The van der Waals surface area contributed by atoms with Gasteiger partial charge in [-0.2, -0.15) is 0 Å². The molecule has 0 radical (unpaired) electrons. The fourth-order valence-electron chi connectivity index (χ4n) is 2.90. The van der Waals surface area contributed by atoms with E-state index in [1.54, 1.807) is 0 Å². The Kier molecular flexibility index (Phi) is 5.79. The lowest BCUT2D eigenvalue weighted by molar-refractivity contribution is 0.0969. The second-order valence-electron chi connectivity index (χ2n) is 6.37. The summed E-state index contributed by atoms with van der Waals surface area (Å²) in [5, 5.41) is 3.37. The summed E-state index contributed by atoms with van der Waals surface area (Å²) in [6, 6.07) is 18.0. The second-order valence-corrected chi connectivity index (χ2v) is 6.76. The molecule has 2 aromatic carbocycles. The van der Waals surface area contributed by atoms with Crippen LogP contribution in [0.1, 0.15) is 21.5 Å². The largest absolute Gasteiger partial charge is 0.346 e. The van der Waals surface area contributed by atoms with Crippen molar-refractivity contribution in [2.24, 2.45) is 0 Å². The van der Waals surface area contributed by atoms with Gasteiger partial charge in [0, 0.05) is 38.3 Å². The number of amides is 1. The van der Waals surface area contributed by atoms with Gasteiger partial charge in [-0.15, -0.1) is 0 Å². The van der Waals surface area contributed by atoms with Crippen LogP contribution in [0.25, 0.3) is 0 Å². The minimum absolute atomic E-state index is 0.142. The number of carbonyl (C=O) groups is 1. The van der Waals surface area contributed by atoms with E-state index in [0.29, 0.717) is 10.7 Å². The van der Waals surface area contributed by atoms with Gasteiger partial charge in [-0.1, -0.05) is 48.0 Å². The van der Waals surface area contributed by atoms with Crippen LogP contribution >= 0.6 is 12.2 Å². The SMILES string of the molecule is Cc1ccc(C(=O)NC(=S)N2CCN(Cc3ccccc3)CC2)cc1. The minimum Gasteiger partial charge on any atom is -0.346 e. The summed E-state index contributed by atoms with van der Waals surface area (Å²) in [6.45, 7) is 6.50. The van der Waals surface area contributed by atoms with Crippen molar-refractivity contribution in [1.82, 2.24) is 15.1 Å². The lowest BCUT2D eigenvalue weighted by Gasteiger charge is -2.36. The number of piperazine rings is 1. The molecule has 1 aliphatic heterocycles. The molecule has 130 valence electrons. The predicted octanol–water partition coefficient (Wildman–Crippen LogP) is 2.83. The van der Waals surface area contributed by atoms with Crippen LogP contribution in [0.5, 0.6) is 0 Å². The molecule has 1 aliphatic rings. The highest BCUT2D eigenvalue weighted by molar-refractivity contribution is 7.80. The third kappa shape index (κ3) is 4.87. The topological polar surface area (TPSA) is 35.6 Å². The summed E-state index contributed by atoms with van der Waals surface area (Å²) in [4.78, 5) is 16.8. The molecule has 0 saturated carbocycles. The molecule has 4 nitrogen and oxygen atoms in total. The van der Waals surface area contributed by atoms with Crippen molar-refractivity contribution in [3.05, 3.63) is 71.3 Å². The molecule has 0 bridgehead atoms. The van der Waals surface area contributed by atoms with E-state index >= 15 is 0 Å². The third-order valence-electron chi connectivity index (χ3n) is 4.44. The van der Waals surface area contributed by atoms with Crippen LogP contribution < -0.4 is 5.32 Å². The second kappa shape index (κ2) is 8.23. The number of hydrogen-bond donors (Lipinski definition) is 1. The van der Waals surface area contributed by atoms with E-state index in [1.807, 2.05) is 37.3 Å². The van der Waals surface area contributed by atoms with Crippen molar-refractivity contribution in [2.75, 3.05) is 26.2 Å². The van der Waals surface area contributed by atoms with Crippen LogP contribution in [-0.2, 0) is 6.54 Å². The number of aryl methyl sites for hydroxylation is 1. The molecule has 0 aliphatic carbocycles. The zero-order chi connectivity index (χ0) is 17.6. The number of benzene rings is 2. The number of nitrogens with one attached hydrogen (secondary N) is 1. The number of rotatable bonds is 3. The van der Waals surface area contributed by atoms with E-state index in [4.69, 9.17) is 12.2 Å². The lowest BCUT2D eigenvalue weighted by Crippen LogP contribution is -2.52. The van der Waals surface area contributed by atoms with Gasteiger partial charge in [0.05, 0.1) is 0 Å². The normalized spacial score (nSPS) is 15.0. The molecule has 1 amide bonds. The molecule has 25 heavy (non-hydrogen) atoms. The molecular formula is C20H23N3OS. The van der Waals surface area contributed by atoms with Crippen LogP contribution in [0, 0.1) is 6.92 Å². The molecule has 1 fully saturated rings. The van der Waals surface area contributed by atoms with Gasteiger partial charge in [-0.3, -0.25) is 15.0 Å². The zero-order valence-electron chi connectivity index (χ0n) is 14.4. The standard InChI is InChI=1S/C20H23N3OS/c1-16-7-9-18(10-8-16)19(24)21-20(25)23-13-11-22(12-14-23)15-17-5-3-2-4-6-17/h2-10H,11-15H2,1H3,(H,21,24,25). The molecule has 3 rings (SSSR count). The fraction of sp³-hybridized carbons (Fsp3) is 0.300. The molecule has 2 aromatic rings. The molecule has 5 heteroatoms. The fourth-order valence-corrected chi connectivity index (χ4v) is 3.18. The maximum absolute atomic E-state index is 12.3. The third-order valence-corrected chi connectivity index (χ3v) is 4.80. The highest BCUT2D eigenvalue weighted by Gasteiger charge is 2.20. The van der Waals surface area contributed by atoms with Gasteiger partial charge in [0.25, 0.3) is 5.91 Å². The molecule has 1 saturated heterocycles. The maximum Gasteiger partial charge on any atom is 0.257 e. The van der Waals surface area contributed by atoms with Crippen LogP contribution in [-0.4, -0.2) is 47.0 Å². The van der Waals surface area contributed by atoms with Crippen molar-refractivity contribution in [3.8, 4) is 0 Å². The van der Waals surface area contributed by atoms with Gasteiger partial charge < -0.3 is 4.90 Å². The van der Waals surface area contributed by atoms with Crippen molar-refractivity contribution in [1.29, 1.82) is 0 Å². The summed E-state index contributed by atoms with van der Waals surface area (Å²) in [5.74, 6) is -0.142. The molecule has 1 N–H and O–H groups in total. The summed E-state index contributed by atoms with van der Waals surface area (Å²) in [6.07, 6.45) is 0. The van der Waals surface area contributed by atoms with Crippen molar-refractivity contribution >= 4 is 23.2 Å².